The maximum atomic E-state index is 12.5. The van der Waals surface area contributed by atoms with Gasteiger partial charge in [0.2, 0.25) is 0 Å². The van der Waals surface area contributed by atoms with Crippen LogP contribution in [-0.2, 0) is 9.59 Å². The number of carboxylic acid groups (broad SMARTS) is 1. The fraction of sp³-hybridized carbons (Fsp3) is 0.211. The molecule has 1 aromatic carbocycles. The van der Waals surface area contributed by atoms with Crippen molar-refractivity contribution in [1.82, 2.24) is 4.90 Å². The summed E-state index contributed by atoms with van der Waals surface area (Å²) in [7, 11) is 0. The minimum Gasteiger partial charge on any atom is -0.481 e. The third-order valence-corrected chi connectivity index (χ3v) is 5.64. The highest BCUT2D eigenvalue weighted by atomic mass is 35.5. The molecule has 8 heteroatoms. The highest BCUT2D eigenvalue weighted by Crippen LogP contribution is 2.34. The lowest BCUT2D eigenvalue weighted by atomic mass is 10.2. The SMILES string of the molecule is O=C(O)CCCCN1C(=O)C(=Cc2ccc(-c3ccccc3Cl)o2)SC1=S. The lowest BCUT2D eigenvalue weighted by Gasteiger charge is -2.13. The van der Waals surface area contributed by atoms with E-state index in [1.807, 2.05) is 18.2 Å². The second-order valence-corrected chi connectivity index (χ2v) is 7.95. The molecule has 1 N–H and O–H groups in total. The summed E-state index contributed by atoms with van der Waals surface area (Å²) in [5, 5.41) is 9.27. The summed E-state index contributed by atoms with van der Waals surface area (Å²) >= 11 is 12.7. The van der Waals surface area contributed by atoms with Crippen LogP contribution in [0.4, 0.5) is 0 Å². The molecule has 0 unspecified atom stereocenters. The normalized spacial score (nSPS) is 15.7. The fourth-order valence-corrected chi connectivity index (χ4v) is 4.12. The van der Waals surface area contributed by atoms with Crippen LogP contribution in [-0.4, -0.2) is 32.7 Å². The zero-order chi connectivity index (χ0) is 19.4. The maximum absolute atomic E-state index is 12.5. The number of nitrogens with zero attached hydrogens (tertiary/aromatic N) is 1. The van der Waals surface area contributed by atoms with Crippen molar-refractivity contribution < 1.29 is 19.1 Å². The lowest BCUT2D eigenvalue weighted by Crippen LogP contribution is -2.29. The highest BCUT2D eigenvalue weighted by Gasteiger charge is 2.31. The Labute approximate surface area is 171 Å². The average Bonchev–Trinajstić information content (AvgIpc) is 3.18. The molecule has 140 valence electrons. The quantitative estimate of drug-likeness (QED) is 0.383. The van der Waals surface area contributed by atoms with E-state index < -0.39 is 5.97 Å². The number of carbonyl (C=O) groups is 2. The van der Waals surface area contributed by atoms with Crippen molar-refractivity contribution in [3.63, 3.8) is 0 Å². The number of hydrogen-bond acceptors (Lipinski definition) is 5. The van der Waals surface area contributed by atoms with Crippen LogP contribution in [0.15, 0.2) is 45.7 Å². The van der Waals surface area contributed by atoms with Gasteiger partial charge in [-0.25, -0.2) is 0 Å². The molecule has 3 rings (SSSR count). The van der Waals surface area contributed by atoms with Gasteiger partial charge in [-0.15, -0.1) is 0 Å². The summed E-state index contributed by atoms with van der Waals surface area (Å²) in [5.74, 6) is 0.135. The minimum absolute atomic E-state index is 0.0852. The van der Waals surface area contributed by atoms with Gasteiger partial charge in [0, 0.05) is 24.6 Å². The fourth-order valence-electron chi connectivity index (χ4n) is 2.60. The Kier molecular flexibility index (Phi) is 6.36. The van der Waals surface area contributed by atoms with Gasteiger partial charge in [0.25, 0.3) is 5.91 Å². The minimum atomic E-state index is -0.840. The molecule has 2 heterocycles. The predicted octanol–water partition coefficient (Wildman–Crippen LogP) is 5.06. The molecule has 1 fully saturated rings. The number of benzene rings is 1. The number of amides is 1. The number of rotatable bonds is 7. The van der Waals surface area contributed by atoms with E-state index in [-0.39, 0.29) is 12.3 Å². The van der Waals surface area contributed by atoms with Crippen molar-refractivity contribution in [2.75, 3.05) is 6.54 Å². The van der Waals surface area contributed by atoms with Crippen LogP contribution in [0, 0.1) is 0 Å². The van der Waals surface area contributed by atoms with E-state index in [1.54, 1.807) is 24.3 Å². The van der Waals surface area contributed by atoms with E-state index in [9.17, 15) is 9.59 Å². The van der Waals surface area contributed by atoms with E-state index in [0.29, 0.717) is 45.2 Å². The zero-order valence-electron chi connectivity index (χ0n) is 14.2. The Hall–Kier alpha value is -2.09. The number of halogens is 1. The van der Waals surface area contributed by atoms with Gasteiger partial charge in [0.05, 0.1) is 9.93 Å². The van der Waals surface area contributed by atoms with Crippen molar-refractivity contribution >= 4 is 57.9 Å². The van der Waals surface area contributed by atoms with Crippen LogP contribution in [0.3, 0.4) is 0 Å². The summed E-state index contributed by atoms with van der Waals surface area (Å²) in [5.41, 5.74) is 0.782. The first kappa shape index (κ1) is 19.7. The summed E-state index contributed by atoms with van der Waals surface area (Å²) < 4.78 is 6.27. The molecule has 1 aliphatic heterocycles. The third-order valence-electron chi connectivity index (χ3n) is 3.94. The molecule has 2 aromatic rings. The lowest BCUT2D eigenvalue weighted by molar-refractivity contribution is -0.137. The molecule has 0 radical (unpaired) electrons. The molecule has 0 atom stereocenters. The van der Waals surface area contributed by atoms with Gasteiger partial charge in [-0.1, -0.05) is 47.7 Å². The van der Waals surface area contributed by atoms with Crippen LogP contribution in [0.2, 0.25) is 5.02 Å². The first-order chi connectivity index (χ1) is 13.0. The first-order valence-corrected chi connectivity index (χ1v) is 9.88. The van der Waals surface area contributed by atoms with E-state index in [1.165, 1.54) is 16.7 Å². The Morgan fingerprint density at radius 1 is 1.26 bits per heavy atom. The number of carbonyl (C=O) groups excluding carboxylic acids is 1. The number of carboxylic acids is 1. The Bertz CT molecular complexity index is 922. The molecule has 27 heavy (non-hydrogen) atoms. The molecule has 0 saturated carbocycles. The van der Waals surface area contributed by atoms with E-state index in [0.717, 1.165) is 5.56 Å². The van der Waals surface area contributed by atoms with Crippen molar-refractivity contribution in [2.45, 2.75) is 19.3 Å². The number of unbranched alkanes of at least 4 members (excludes halogenated alkanes) is 1. The molecule has 0 bridgehead atoms. The van der Waals surface area contributed by atoms with E-state index in [2.05, 4.69) is 0 Å². The topological polar surface area (TPSA) is 70.8 Å². The molecule has 0 spiro atoms. The van der Waals surface area contributed by atoms with Gasteiger partial charge in [-0.3, -0.25) is 14.5 Å². The Morgan fingerprint density at radius 2 is 2.04 bits per heavy atom. The third kappa shape index (κ3) is 4.80. The second kappa shape index (κ2) is 8.73. The number of aliphatic carboxylic acids is 1. The molecule has 1 aliphatic rings. The van der Waals surface area contributed by atoms with Crippen LogP contribution in [0.25, 0.3) is 17.4 Å². The number of hydrogen-bond donors (Lipinski definition) is 1. The van der Waals surface area contributed by atoms with Gasteiger partial charge >= 0.3 is 5.97 Å². The molecular formula is C19H16ClNO4S2. The smallest absolute Gasteiger partial charge is 0.303 e. The van der Waals surface area contributed by atoms with Crippen LogP contribution in [0.1, 0.15) is 25.0 Å². The van der Waals surface area contributed by atoms with Crippen molar-refractivity contribution in [1.29, 1.82) is 0 Å². The summed E-state index contributed by atoms with van der Waals surface area (Å²) in [6, 6.07) is 10.9. The standard InChI is InChI=1S/C19H16ClNO4S2/c20-14-6-2-1-5-13(14)15-9-8-12(25-15)11-16-18(24)21(19(26)27-16)10-4-3-7-17(22)23/h1-2,5-6,8-9,11H,3-4,7,10H2,(H,22,23). The van der Waals surface area contributed by atoms with Gasteiger partial charge in [0.1, 0.15) is 15.8 Å². The van der Waals surface area contributed by atoms with Crippen molar-refractivity contribution in [2.24, 2.45) is 0 Å². The average molecular weight is 422 g/mol. The summed E-state index contributed by atoms with van der Waals surface area (Å²) in [6.07, 6.45) is 2.84. The molecule has 5 nitrogen and oxygen atoms in total. The zero-order valence-corrected chi connectivity index (χ0v) is 16.6. The van der Waals surface area contributed by atoms with Crippen LogP contribution >= 0.6 is 35.6 Å². The van der Waals surface area contributed by atoms with Crippen molar-refractivity contribution in [3.05, 3.63) is 52.1 Å². The Morgan fingerprint density at radius 3 is 2.78 bits per heavy atom. The number of thiocarbonyl (C=S) groups is 1. The number of thioether (sulfide) groups is 1. The summed E-state index contributed by atoms with van der Waals surface area (Å²) in [6.45, 7) is 0.415. The van der Waals surface area contributed by atoms with Gasteiger partial charge in [-0.05, 0) is 37.1 Å². The predicted molar refractivity (Wildman–Crippen MR) is 111 cm³/mol. The molecule has 1 saturated heterocycles. The van der Waals surface area contributed by atoms with Crippen LogP contribution < -0.4 is 0 Å². The molecule has 0 aliphatic carbocycles. The van der Waals surface area contributed by atoms with Gasteiger partial charge in [-0.2, -0.15) is 0 Å². The monoisotopic (exact) mass is 421 g/mol. The van der Waals surface area contributed by atoms with Crippen LogP contribution in [0.5, 0.6) is 0 Å². The largest absolute Gasteiger partial charge is 0.481 e. The number of furan rings is 1. The van der Waals surface area contributed by atoms with E-state index >= 15 is 0 Å². The highest BCUT2D eigenvalue weighted by molar-refractivity contribution is 8.26. The second-order valence-electron chi connectivity index (χ2n) is 5.87. The van der Waals surface area contributed by atoms with Gasteiger partial charge < -0.3 is 9.52 Å². The Balaban J connectivity index is 1.69. The molecular weight excluding hydrogens is 406 g/mol. The maximum Gasteiger partial charge on any atom is 0.303 e. The molecule has 1 aromatic heterocycles. The van der Waals surface area contributed by atoms with Gasteiger partial charge in [0.15, 0.2) is 0 Å². The van der Waals surface area contributed by atoms with Crippen molar-refractivity contribution in [3.8, 4) is 11.3 Å². The first-order valence-electron chi connectivity index (χ1n) is 8.27. The van der Waals surface area contributed by atoms with E-state index in [4.69, 9.17) is 33.3 Å². The molecule has 1 amide bonds. The summed E-state index contributed by atoms with van der Waals surface area (Å²) in [4.78, 5) is 25.1.